The molecule has 0 spiro atoms. The van der Waals surface area contributed by atoms with Crippen molar-refractivity contribution in [3.63, 3.8) is 0 Å². The van der Waals surface area contributed by atoms with Gasteiger partial charge in [0.25, 0.3) is 0 Å². The first kappa shape index (κ1) is 12.5. The summed E-state index contributed by atoms with van der Waals surface area (Å²) in [5.74, 6) is 1.83. The van der Waals surface area contributed by atoms with Crippen molar-refractivity contribution in [2.24, 2.45) is 11.8 Å². The van der Waals surface area contributed by atoms with Crippen molar-refractivity contribution in [3.8, 4) is 0 Å². The van der Waals surface area contributed by atoms with Gasteiger partial charge in [-0.15, -0.1) is 0 Å². The van der Waals surface area contributed by atoms with Crippen molar-refractivity contribution in [2.45, 2.75) is 39.5 Å². The molecule has 0 radical (unpaired) electrons. The van der Waals surface area contributed by atoms with Crippen molar-refractivity contribution in [1.29, 1.82) is 0 Å². The molecule has 1 nitrogen and oxygen atoms in total. The maximum atomic E-state index is 3.63. The van der Waals surface area contributed by atoms with Gasteiger partial charge in [0.1, 0.15) is 0 Å². The lowest BCUT2D eigenvalue weighted by Gasteiger charge is -2.32. The molecule has 0 aromatic rings. The topological polar surface area (TPSA) is 3.24 Å². The van der Waals surface area contributed by atoms with E-state index in [1.54, 1.807) is 0 Å². The Morgan fingerprint density at radius 1 is 1.36 bits per heavy atom. The van der Waals surface area contributed by atoms with Gasteiger partial charge in [-0.1, -0.05) is 36.2 Å². The standard InChI is InChI=1S/C12H24BrN/c1-3-4-12(9-13)10-14-7-5-11(2)6-8-14/h11-12H,3-10H2,1-2H3. The number of rotatable bonds is 5. The maximum absolute atomic E-state index is 3.63. The van der Waals surface area contributed by atoms with Crippen LogP contribution in [0.25, 0.3) is 0 Å². The van der Waals surface area contributed by atoms with Crippen molar-refractivity contribution in [3.05, 3.63) is 0 Å². The van der Waals surface area contributed by atoms with Gasteiger partial charge < -0.3 is 4.90 Å². The van der Waals surface area contributed by atoms with E-state index in [9.17, 15) is 0 Å². The van der Waals surface area contributed by atoms with E-state index >= 15 is 0 Å². The summed E-state index contributed by atoms with van der Waals surface area (Å²) in [6.07, 6.45) is 5.50. The molecule has 1 rings (SSSR count). The molecule has 1 aliphatic rings. The summed E-state index contributed by atoms with van der Waals surface area (Å²) in [5, 5.41) is 1.17. The highest BCUT2D eigenvalue weighted by molar-refractivity contribution is 9.09. The Kier molecular flexibility index (Phi) is 6.11. The number of hydrogen-bond donors (Lipinski definition) is 0. The van der Waals surface area contributed by atoms with Crippen molar-refractivity contribution in [2.75, 3.05) is 25.0 Å². The molecule has 1 fully saturated rings. The van der Waals surface area contributed by atoms with Gasteiger partial charge in [-0.2, -0.15) is 0 Å². The van der Waals surface area contributed by atoms with Crippen LogP contribution in [-0.2, 0) is 0 Å². The molecular formula is C12H24BrN. The highest BCUT2D eigenvalue weighted by atomic mass is 79.9. The molecule has 0 aliphatic carbocycles. The molecule has 84 valence electrons. The lowest BCUT2D eigenvalue weighted by Crippen LogP contribution is -2.36. The van der Waals surface area contributed by atoms with Gasteiger partial charge in [-0.05, 0) is 44.2 Å². The van der Waals surface area contributed by atoms with E-state index in [4.69, 9.17) is 0 Å². The largest absolute Gasteiger partial charge is 0.303 e. The molecule has 14 heavy (non-hydrogen) atoms. The Bertz CT molecular complexity index is 141. The highest BCUT2D eigenvalue weighted by Gasteiger charge is 2.18. The smallest absolute Gasteiger partial charge is 0.00718 e. The second-order valence-corrected chi connectivity index (χ2v) is 5.44. The van der Waals surface area contributed by atoms with Crippen LogP contribution in [0.1, 0.15) is 39.5 Å². The van der Waals surface area contributed by atoms with E-state index in [1.165, 1.54) is 50.6 Å². The molecule has 1 saturated heterocycles. The van der Waals surface area contributed by atoms with Crippen LogP contribution in [0.2, 0.25) is 0 Å². The molecule has 0 aromatic heterocycles. The van der Waals surface area contributed by atoms with E-state index in [-0.39, 0.29) is 0 Å². The Labute approximate surface area is 97.4 Å². The van der Waals surface area contributed by atoms with Crippen LogP contribution in [0.4, 0.5) is 0 Å². The molecule has 0 saturated carbocycles. The molecule has 1 heterocycles. The van der Waals surface area contributed by atoms with Crippen molar-refractivity contribution in [1.82, 2.24) is 4.90 Å². The molecule has 0 aromatic carbocycles. The number of halogens is 1. The Hall–Kier alpha value is 0.440. The summed E-state index contributed by atoms with van der Waals surface area (Å²) in [7, 11) is 0. The van der Waals surface area contributed by atoms with Gasteiger partial charge in [0.05, 0.1) is 0 Å². The minimum absolute atomic E-state index is 0.869. The van der Waals surface area contributed by atoms with E-state index in [0.29, 0.717) is 0 Å². The molecule has 2 heteroatoms. The maximum Gasteiger partial charge on any atom is 0.00718 e. The van der Waals surface area contributed by atoms with Crippen molar-refractivity contribution >= 4 is 15.9 Å². The van der Waals surface area contributed by atoms with Gasteiger partial charge in [-0.3, -0.25) is 0 Å². The summed E-state index contributed by atoms with van der Waals surface area (Å²) < 4.78 is 0. The third-order valence-corrected chi connectivity index (χ3v) is 4.22. The van der Waals surface area contributed by atoms with Crippen LogP contribution in [-0.4, -0.2) is 29.9 Å². The summed E-state index contributed by atoms with van der Waals surface area (Å²) in [6.45, 7) is 8.63. The predicted molar refractivity (Wildman–Crippen MR) is 67.0 cm³/mol. The fraction of sp³-hybridized carbons (Fsp3) is 1.00. The average Bonchev–Trinajstić information content (AvgIpc) is 2.20. The first-order chi connectivity index (χ1) is 6.76. The van der Waals surface area contributed by atoms with Crippen LogP contribution >= 0.6 is 15.9 Å². The van der Waals surface area contributed by atoms with Crippen LogP contribution in [0.5, 0.6) is 0 Å². The molecule has 0 N–H and O–H groups in total. The summed E-state index contributed by atoms with van der Waals surface area (Å²) in [5.41, 5.74) is 0. The third kappa shape index (κ3) is 4.31. The zero-order chi connectivity index (χ0) is 10.4. The summed E-state index contributed by atoms with van der Waals surface area (Å²) in [6, 6.07) is 0. The normalized spacial score (nSPS) is 22.5. The molecule has 1 atom stereocenters. The minimum atomic E-state index is 0.869. The summed E-state index contributed by atoms with van der Waals surface area (Å²) in [4.78, 5) is 2.65. The number of nitrogens with zero attached hydrogens (tertiary/aromatic N) is 1. The van der Waals surface area contributed by atoms with Gasteiger partial charge in [0.15, 0.2) is 0 Å². The van der Waals surface area contributed by atoms with E-state index in [1.807, 2.05) is 0 Å². The van der Waals surface area contributed by atoms with Crippen LogP contribution in [0.15, 0.2) is 0 Å². The second-order valence-electron chi connectivity index (χ2n) is 4.79. The van der Waals surface area contributed by atoms with E-state index < -0.39 is 0 Å². The minimum Gasteiger partial charge on any atom is -0.303 e. The summed E-state index contributed by atoms with van der Waals surface area (Å²) >= 11 is 3.63. The number of alkyl halides is 1. The quantitative estimate of drug-likeness (QED) is 0.685. The average molecular weight is 262 g/mol. The molecule has 0 amide bonds. The zero-order valence-electron chi connectivity index (χ0n) is 9.64. The molecular weight excluding hydrogens is 238 g/mol. The number of hydrogen-bond acceptors (Lipinski definition) is 1. The van der Waals surface area contributed by atoms with Gasteiger partial charge in [0.2, 0.25) is 0 Å². The first-order valence-electron chi connectivity index (χ1n) is 6.04. The monoisotopic (exact) mass is 261 g/mol. The van der Waals surface area contributed by atoms with Crippen LogP contribution in [0.3, 0.4) is 0 Å². The molecule has 1 unspecified atom stereocenters. The first-order valence-corrected chi connectivity index (χ1v) is 7.16. The highest BCUT2D eigenvalue weighted by Crippen LogP contribution is 2.19. The predicted octanol–water partition coefficient (Wildman–Crippen LogP) is 3.53. The molecule has 0 bridgehead atoms. The number of likely N-dealkylation sites (tertiary alicyclic amines) is 1. The fourth-order valence-electron chi connectivity index (χ4n) is 2.24. The Morgan fingerprint density at radius 2 is 2.00 bits per heavy atom. The van der Waals surface area contributed by atoms with Gasteiger partial charge >= 0.3 is 0 Å². The fourth-order valence-corrected chi connectivity index (χ4v) is 2.76. The lowest BCUT2D eigenvalue weighted by atomic mass is 9.97. The molecule has 1 aliphatic heterocycles. The third-order valence-electron chi connectivity index (χ3n) is 3.31. The SMILES string of the molecule is CCCC(CBr)CN1CCC(C)CC1. The lowest BCUT2D eigenvalue weighted by molar-refractivity contribution is 0.169. The van der Waals surface area contributed by atoms with E-state index in [2.05, 4.69) is 34.7 Å². The number of piperidine rings is 1. The van der Waals surface area contributed by atoms with Crippen LogP contribution < -0.4 is 0 Å². The van der Waals surface area contributed by atoms with Crippen molar-refractivity contribution < 1.29 is 0 Å². The second kappa shape index (κ2) is 6.84. The zero-order valence-corrected chi connectivity index (χ0v) is 11.2. The van der Waals surface area contributed by atoms with Crippen LogP contribution in [0, 0.1) is 11.8 Å². The van der Waals surface area contributed by atoms with Gasteiger partial charge in [-0.25, -0.2) is 0 Å². The van der Waals surface area contributed by atoms with Gasteiger partial charge in [0, 0.05) is 11.9 Å². The van der Waals surface area contributed by atoms with E-state index in [0.717, 1.165) is 11.8 Å². The Balaban J connectivity index is 2.21. The Morgan fingerprint density at radius 3 is 2.50 bits per heavy atom.